The van der Waals surface area contributed by atoms with Crippen molar-refractivity contribution >= 4 is 5.97 Å². The van der Waals surface area contributed by atoms with E-state index in [1.54, 1.807) is 0 Å². The maximum Gasteiger partial charge on any atom is 0.306 e. The van der Waals surface area contributed by atoms with Gasteiger partial charge in [-0.25, -0.2) is 0 Å². The SMILES string of the molecule is C=C1CC2CC1CC2C(=O)O. The molecule has 2 heteroatoms. The highest BCUT2D eigenvalue weighted by Crippen LogP contribution is 2.50. The van der Waals surface area contributed by atoms with E-state index in [0.717, 1.165) is 19.3 Å². The van der Waals surface area contributed by atoms with Crippen LogP contribution in [0, 0.1) is 17.8 Å². The third kappa shape index (κ3) is 0.889. The molecular formula is C9H12O2. The van der Waals surface area contributed by atoms with Gasteiger partial charge in [0, 0.05) is 0 Å². The first-order valence-electron chi connectivity index (χ1n) is 4.09. The maximum absolute atomic E-state index is 10.7. The molecule has 11 heavy (non-hydrogen) atoms. The molecule has 0 amide bonds. The Labute approximate surface area is 65.9 Å². The van der Waals surface area contributed by atoms with Crippen LogP contribution in [0.2, 0.25) is 0 Å². The molecule has 2 nitrogen and oxygen atoms in total. The van der Waals surface area contributed by atoms with Crippen molar-refractivity contribution in [1.29, 1.82) is 0 Å². The Morgan fingerprint density at radius 3 is 2.64 bits per heavy atom. The van der Waals surface area contributed by atoms with Crippen LogP contribution in [0.25, 0.3) is 0 Å². The Hall–Kier alpha value is -0.790. The molecule has 0 aliphatic heterocycles. The van der Waals surface area contributed by atoms with Gasteiger partial charge in [0.2, 0.25) is 0 Å². The van der Waals surface area contributed by atoms with Gasteiger partial charge in [0.15, 0.2) is 0 Å². The van der Waals surface area contributed by atoms with Gasteiger partial charge in [-0.3, -0.25) is 4.79 Å². The summed E-state index contributed by atoms with van der Waals surface area (Å²) in [5.41, 5.74) is 1.28. The monoisotopic (exact) mass is 152 g/mol. The minimum atomic E-state index is -0.606. The van der Waals surface area contributed by atoms with Crippen LogP contribution in [0.5, 0.6) is 0 Å². The van der Waals surface area contributed by atoms with Gasteiger partial charge in [0.25, 0.3) is 0 Å². The van der Waals surface area contributed by atoms with Gasteiger partial charge in [0.1, 0.15) is 0 Å². The van der Waals surface area contributed by atoms with E-state index >= 15 is 0 Å². The Bertz CT molecular complexity index is 220. The van der Waals surface area contributed by atoms with Crippen LogP contribution in [-0.4, -0.2) is 11.1 Å². The van der Waals surface area contributed by atoms with E-state index < -0.39 is 5.97 Å². The quantitative estimate of drug-likeness (QED) is 0.580. The summed E-state index contributed by atoms with van der Waals surface area (Å²) in [6.07, 6.45) is 2.89. The Balaban J connectivity index is 2.14. The summed E-state index contributed by atoms with van der Waals surface area (Å²) in [5, 5.41) is 8.79. The summed E-state index contributed by atoms with van der Waals surface area (Å²) in [4.78, 5) is 10.7. The molecule has 0 heterocycles. The van der Waals surface area contributed by atoms with E-state index in [1.165, 1.54) is 5.57 Å². The Morgan fingerprint density at radius 1 is 1.55 bits per heavy atom. The van der Waals surface area contributed by atoms with E-state index in [0.29, 0.717) is 11.8 Å². The summed E-state index contributed by atoms with van der Waals surface area (Å²) < 4.78 is 0. The van der Waals surface area contributed by atoms with E-state index in [-0.39, 0.29) is 5.92 Å². The highest BCUT2D eigenvalue weighted by atomic mass is 16.4. The first-order chi connectivity index (χ1) is 5.18. The number of carboxylic acid groups (broad SMARTS) is 1. The van der Waals surface area contributed by atoms with Gasteiger partial charge in [-0.15, -0.1) is 0 Å². The van der Waals surface area contributed by atoms with Crippen LogP contribution < -0.4 is 0 Å². The van der Waals surface area contributed by atoms with Gasteiger partial charge in [-0.05, 0) is 31.1 Å². The number of allylic oxidation sites excluding steroid dienone is 1. The summed E-state index contributed by atoms with van der Waals surface area (Å²) in [5.74, 6) is 0.265. The van der Waals surface area contributed by atoms with E-state index in [4.69, 9.17) is 5.11 Å². The second-order valence-corrected chi connectivity index (χ2v) is 3.74. The Kier molecular flexibility index (Phi) is 1.31. The number of fused-ring (bicyclic) bond motifs is 2. The van der Waals surface area contributed by atoms with E-state index in [1.807, 2.05) is 0 Å². The third-order valence-corrected chi connectivity index (χ3v) is 3.11. The number of carbonyl (C=O) groups is 1. The smallest absolute Gasteiger partial charge is 0.306 e. The standard InChI is InChI=1S/C9H12O2/c1-5-2-7-3-6(5)4-8(7)9(10)11/h6-8H,1-4H2,(H,10,11). The van der Waals surface area contributed by atoms with Gasteiger partial charge >= 0.3 is 5.97 Å². The number of carboxylic acids is 1. The topological polar surface area (TPSA) is 37.3 Å². The Morgan fingerprint density at radius 2 is 2.27 bits per heavy atom. The lowest BCUT2D eigenvalue weighted by Gasteiger charge is -2.18. The molecule has 2 rings (SSSR count). The van der Waals surface area contributed by atoms with Gasteiger partial charge in [-0.1, -0.05) is 12.2 Å². The van der Waals surface area contributed by atoms with Gasteiger partial charge in [0.05, 0.1) is 5.92 Å². The lowest BCUT2D eigenvalue weighted by molar-refractivity contribution is -0.143. The number of hydrogen-bond acceptors (Lipinski definition) is 1. The molecule has 0 aromatic heterocycles. The highest BCUT2D eigenvalue weighted by Gasteiger charge is 2.45. The molecule has 2 bridgehead atoms. The van der Waals surface area contributed by atoms with Crippen LogP contribution in [0.15, 0.2) is 12.2 Å². The lowest BCUT2D eigenvalue weighted by atomic mass is 9.87. The van der Waals surface area contributed by atoms with Crippen molar-refractivity contribution in [2.24, 2.45) is 17.8 Å². The van der Waals surface area contributed by atoms with Crippen molar-refractivity contribution < 1.29 is 9.90 Å². The zero-order chi connectivity index (χ0) is 8.01. The second-order valence-electron chi connectivity index (χ2n) is 3.74. The average molecular weight is 152 g/mol. The molecule has 2 aliphatic rings. The maximum atomic E-state index is 10.7. The normalized spacial score (nSPS) is 41.5. The molecule has 3 atom stereocenters. The molecule has 2 aliphatic carbocycles. The fourth-order valence-electron chi connectivity index (χ4n) is 2.49. The van der Waals surface area contributed by atoms with Crippen LogP contribution in [0.1, 0.15) is 19.3 Å². The molecule has 0 spiro atoms. The predicted octanol–water partition coefficient (Wildman–Crippen LogP) is 1.67. The van der Waals surface area contributed by atoms with Crippen molar-refractivity contribution in [3.63, 3.8) is 0 Å². The zero-order valence-electron chi connectivity index (χ0n) is 6.42. The van der Waals surface area contributed by atoms with Crippen molar-refractivity contribution in [1.82, 2.24) is 0 Å². The van der Waals surface area contributed by atoms with Crippen LogP contribution >= 0.6 is 0 Å². The summed E-state index contributed by atoms with van der Waals surface area (Å²) in [6, 6.07) is 0. The molecule has 60 valence electrons. The van der Waals surface area contributed by atoms with Crippen molar-refractivity contribution in [2.45, 2.75) is 19.3 Å². The van der Waals surface area contributed by atoms with E-state index in [2.05, 4.69) is 6.58 Å². The van der Waals surface area contributed by atoms with Crippen molar-refractivity contribution in [3.8, 4) is 0 Å². The average Bonchev–Trinajstić information content (AvgIpc) is 2.43. The molecule has 0 saturated heterocycles. The molecule has 2 fully saturated rings. The molecule has 2 saturated carbocycles. The van der Waals surface area contributed by atoms with Crippen LogP contribution in [0.3, 0.4) is 0 Å². The highest BCUT2D eigenvalue weighted by molar-refractivity contribution is 5.71. The lowest BCUT2D eigenvalue weighted by Crippen LogP contribution is -2.20. The van der Waals surface area contributed by atoms with Crippen molar-refractivity contribution in [3.05, 3.63) is 12.2 Å². The van der Waals surface area contributed by atoms with Crippen LogP contribution in [-0.2, 0) is 4.79 Å². The van der Waals surface area contributed by atoms with Gasteiger partial charge < -0.3 is 5.11 Å². The number of rotatable bonds is 1. The summed E-state index contributed by atoms with van der Waals surface area (Å²) in [7, 11) is 0. The number of aliphatic carboxylic acids is 1. The molecule has 0 radical (unpaired) electrons. The minimum Gasteiger partial charge on any atom is -0.481 e. The van der Waals surface area contributed by atoms with Crippen molar-refractivity contribution in [2.75, 3.05) is 0 Å². The van der Waals surface area contributed by atoms with Crippen LogP contribution in [0.4, 0.5) is 0 Å². The summed E-state index contributed by atoms with van der Waals surface area (Å²) in [6.45, 7) is 3.94. The predicted molar refractivity (Wildman–Crippen MR) is 41.1 cm³/mol. The zero-order valence-corrected chi connectivity index (χ0v) is 6.42. The molecule has 0 aromatic carbocycles. The summed E-state index contributed by atoms with van der Waals surface area (Å²) >= 11 is 0. The first kappa shape index (κ1) is 6.89. The fraction of sp³-hybridized carbons (Fsp3) is 0.667. The molecule has 3 unspecified atom stereocenters. The molecular weight excluding hydrogens is 140 g/mol. The minimum absolute atomic E-state index is 0.0644. The van der Waals surface area contributed by atoms with Gasteiger partial charge in [-0.2, -0.15) is 0 Å². The molecule has 1 N–H and O–H groups in total. The second kappa shape index (κ2) is 2.10. The largest absolute Gasteiger partial charge is 0.481 e. The van der Waals surface area contributed by atoms with E-state index in [9.17, 15) is 4.79 Å². The number of hydrogen-bond donors (Lipinski definition) is 1. The third-order valence-electron chi connectivity index (χ3n) is 3.11. The first-order valence-corrected chi connectivity index (χ1v) is 4.09. The molecule has 0 aromatic rings. The fourth-order valence-corrected chi connectivity index (χ4v) is 2.49.